The largest absolute Gasteiger partial charge is 0.364 e. The average Bonchev–Trinajstić information content (AvgIpc) is 3.65. The molecular formula is C23H18N8O. The molecule has 1 aliphatic rings. The number of rotatable bonds is 5. The predicted molar refractivity (Wildman–Crippen MR) is 115 cm³/mol. The van der Waals surface area contributed by atoms with E-state index in [1.165, 1.54) is 0 Å². The summed E-state index contributed by atoms with van der Waals surface area (Å²) in [5, 5.41) is 11.7. The normalized spacial score (nSPS) is 22.4. The highest BCUT2D eigenvalue weighted by Gasteiger charge is 2.64. The Morgan fingerprint density at radius 1 is 0.906 bits per heavy atom. The third-order valence-electron chi connectivity index (χ3n) is 6.05. The van der Waals surface area contributed by atoms with Crippen LogP contribution in [0.4, 0.5) is 5.82 Å². The Hall–Kier alpha value is -4.53. The first-order chi connectivity index (χ1) is 15.9. The minimum absolute atomic E-state index is 0.723. The van der Waals surface area contributed by atoms with E-state index in [0.717, 1.165) is 28.5 Å². The van der Waals surface area contributed by atoms with Crippen molar-refractivity contribution in [1.82, 2.24) is 35.3 Å². The number of hydrogen-bond donors (Lipinski definition) is 2. The highest BCUT2D eigenvalue weighted by Crippen LogP contribution is 2.58. The number of nitrogens with zero attached hydrogens (tertiary/aromatic N) is 6. The second-order valence-corrected chi connectivity index (χ2v) is 7.44. The van der Waals surface area contributed by atoms with Gasteiger partial charge in [0.25, 0.3) is 0 Å². The molecule has 0 aliphatic carbocycles. The Morgan fingerprint density at radius 2 is 1.84 bits per heavy atom. The van der Waals surface area contributed by atoms with Crippen LogP contribution in [0.25, 0.3) is 0 Å². The number of hydrogen-bond acceptors (Lipinski definition) is 7. The zero-order chi connectivity index (χ0) is 21.4. The first kappa shape index (κ1) is 18.3. The summed E-state index contributed by atoms with van der Waals surface area (Å²) in [6.07, 6.45) is 18.1. The molecule has 0 spiro atoms. The Balaban J connectivity index is 1.80. The van der Waals surface area contributed by atoms with Gasteiger partial charge in [-0.25, -0.2) is 0 Å². The number of anilines is 1. The van der Waals surface area contributed by atoms with Gasteiger partial charge in [0, 0.05) is 55.0 Å². The molecule has 0 aromatic carbocycles. The number of aromatic amines is 2. The van der Waals surface area contributed by atoms with Crippen LogP contribution >= 0.6 is 0 Å². The molecule has 156 valence electrons. The lowest BCUT2D eigenvalue weighted by Gasteiger charge is -2.48. The molecule has 2 N–H and O–H groups in total. The predicted octanol–water partition coefficient (Wildman–Crippen LogP) is 3.17. The number of aromatic nitrogens is 7. The lowest BCUT2D eigenvalue weighted by molar-refractivity contribution is 0.339. The third kappa shape index (κ3) is 2.30. The maximum absolute atomic E-state index is 5.36. The smallest absolute Gasteiger partial charge is 0.135 e. The van der Waals surface area contributed by atoms with Gasteiger partial charge in [-0.15, -0.1) is 0 Å². The van der Waals surface area contributed by atoms with E-state index in [1.54, 1.807) is 43.4 Å². The van der Waals surface area contributed by atoms with Gasteiger partial charge in [0.05, 0.1) is 18.1 Å². The number of H-pyrrole nitrogens is 2. The van der Waals surface area contributed by atoms with Crippen LogP contribution in [-0.2, 0) is 11.0 Å². The fourth-order valence-electron chi connectivity index (χ4n) is 4.86. The van der Waals surface area contributed by atoms with Crippen LogP contribution in [0.1, 0.15) is 22.6 Å². The van der Waals surface area contributed by atoms with E-state index in [1.807, 2.05) is 48.8 Å². The van der Waals surface area contributed by atoms with Gasteiger partial charge in [-0.1, -0.05) is 5.16 Å². The molecule has 2 unspecified atom stereocenters. The van der Waals surface area contributed by atoms with Crippen molar-refractivity contribution in [1.29, 1.82) is 0 Å². The molecule has 1 aliphatic heterocycles. The van der Waals surface area contributed by atoms with Gasteiger partial charge in [-0.05, 0) is 35.9 Å². The Labute approximate surface area is 182 Å². The van der Waals surface area contributed by atoms with Crippen LogP contribution in [-0.4, -0.2) is 35.3 Å². The molecular weight excluding hydrogens is 404 g/mol. The van der Waals surface area contributed by atoms with Crippen LogP contribution in [0, 0.1) is 0 Å². The third-order valence-corrected chi connectivity index (χ3v) is 6.05. The summed E-state index contributed by atoms with van der Waals surface area (Å²) in [5.41, 5.74) is 1.55. The van der Waals surface area contributed by atoms with E-state index in [0.29, 0.717) is 0 Å². The summed E-state index contributed by atoms with van der Waals surface area (Å²) < 4.78 is 5.36. The summed E-state index contributed by atoms with van der Waals surface area (Å²) in [6.45, 7) is 0. The molecule has 9 nitrogen and oxygen atoms in total. The summed E-state index contributed by atoms with van der Waals surface area (Å²) in [4.78, 5) is 19.0. The minimum atomic E-state index is -0.932. The molecule has 5 aromatic heterocycles. The van der Waals surface area contributed by atoms with Crippen molar-refractivity contribution in [2.75, 3.05) is 4.90 Å². The van der Waals surface area contributed by atoms with E-state index in [2.05, 4.69) is 41.3 Å². The molecule has 0 radical (unpaired) electrons. The van der Waals surface area contributed by atoms with Crippen LogP contribution in [0.15, 0.2) is 103 Å². The maximum atomic E-state index is 5.36. The molecule has 5 aromatic rings. The molecule has 0 fully saturated rings. The molecule has 6 heterocycles. The van der Waals surface area contributed by atoms with E-state index in [-0.39, 0.29) is 0 Å². The highest BCUT2D eigenvalue weighted by molar-refractivity contribution is 5.67. The lowest BCUT2D eigenvalue weighted by Crippen LogP contribution is -2.56. The fraction of sp³-hybridized carbons (Fsp3) is 0.0870. The van der Waals surface area contributed by atoms with Crippen LogP contribution in [0.5, 0.6) is 0 Å². The SMILES string of the molecule is C1=CC(c2ccon2)(c2ccc[nH]2)C(c2ccncc2)(c2cnccn2)N1c1ccn[nH]1. The van der Waals surface area contributed by atoms with Gasteiger partial charge >= 0.3 is 0 Å². The molecule has 2 atom stereocenters. The Morgan fingerprint density at radius 3 is 2.53 bits per heavy atom. The molecule has 0 saturated heterocycles. The molecule has 32 heavy (non-hydrogen) atoms. The van der Waals surface area contributed by atoms with Crippen LogP contribution in [0.3, 0.4) is 0 Å². The van der Waals surface area contributed by atoms with Gasteiger partial charge in [-0.3, -0.25) is 20.1 Å². The molecule has 6 rings (SSSR count). The molecule has 0 amide bonds. The van der Waals surface area contributed by atoms with Gasteiger partial charge in [0.1, 0.15) is 28.7 Å². The van der Waals surface area contributed by atoms with E-state index < -0.39 is 11.0 Å². The van der Waals surface area contributed by atoms with Crippen molar-refractivity contribution >= 4 is 5.82 Å². The van der Waals surface area contributed by atoms with E-state index in [9.17, 15) is 0 Å². The number of pyridine rings is 1. The van der Waals surface area contributed by atoms with E-state index in [4.69, 9.17) is 9.51 Å². The standard InChI is InChI=1S/C23H18N8O/c1-2-18(26-8-1)22(19-6-15-32-30-19)7-14-31(21-5-11-28-29-21)23(22,17-3-9-24-10-4-17)20-16-25-12-13-27-20/h1-16,26H,(H,28,29). The zero-order valence-corrected chi connectivity index (χ0v) is 16.8. The van der Waals surface area contributed by atoms with Crippen molar-refractivity contribution < 1.29 is 4.52 Å². The van der Waals surface area contributed by atoms with Crippen molar-refractivity contribution in [2.45, 2.75) is 11.0 Å². The quantitative estimate of drug-likeness (QED) is 0.447. The van der Waals surface area contributed by atoms with Gasteiger partial charge < -0.3 is 14.4 Å². The van der Waals surface area contributed by atoms with Crippen molar-refractivity contribution in [2.24, 2.45) is 0 Å². The molecule has 9 heteroatoms. The summed E-state index contributed by atoms with van der Waals surface area (Å²) in [7, 11) is 0. The van der Waals surface area contributed by atoms with Crippen molar-refractivity contribution in [3.63, 3.8) is 0 Å². The second-order valence-electron chi connectivity index (χ2n) is 7.44. The van der Waals surface area contributed by atoms with Gasteiger partial charge in [0.15, 0.2) is 0 Å². The zero-order valence-electron chi connectivity index (χ0n) is 16.8. The van der Waals surface area contributed by atoms with Crippen molar-refractivity contribution in [3.05, 3.63) is 121 Å². The maximum Gasteiger partial charge on any atom is 0.135 e. The topological polar surface area (TPSA) is 112 Å². The fourth-order valence-corrected chi connectivity index (χ4v) is 4.86. The molecule has 0 bridgehead atoms. The number of nitrogens with one attached hydrogen (secondary N) is 2. The van der Waals surface area contributed by atoms with Crippen LogP contribution in [0.2, 0.25) is 0 Å². The highest BCUT2D eigenvalue weighted by atomic mass is 16.5. The Bertz CT molecular complexity index is 1240. The summed E-state index contributed by atoms with van der Waals surface area (Å²) in [5.74, 6) is 0.792. The first-order valence-corrected chi connectivity index (χ1v) is 10.1. The Kier molecular flexibility index (Phi) is 4.00. The van der Waals surface area contributed by atoms with Gasteiger partial charge in [-0.2, -0.15) is 5.10 Å². The second kappa shape index (κ2) is 7.02. The summed E-state index contributed by atoms with van der Waals surface area (Å²) >= 11 is 0. The lowest BCUT2D eigenvalue weighted by atomic mass is 9.61. The van der Waals surface area contributed by atoms with Gasteiger partial charge in [0.2, 0.25) is 0 Å². The van der Waals surface area contributed by atoms with E-state index >= 15 is 0 Å². The minimum Gasteiger partial charge on any atom is -0.364 e. The van der Waals surface area contributed by atoms with Crippen molar-refractivity contribution in [3.8, 4) is 0 Å². The average molecular weight is 422 g/mol. The summed E-state index contributed by atoms with van der Waals surface area (Å²) in [6, 6.07) is 11.8. The molecule has 0 saturated carbocycles. The van der Waals surface area contributed by atoms with Crippen LogP contribution < -0.4 is 4.90 Å². The monoisotopic (exact) mass is 422 g/mol. The first-order valence-electron chi connectivity index (χ1n) is 10.1.